The van der Waals surface area contributed by atoms with Crippen molar-refractivity contribution in [3.8, 4) is 0 Å². The zero-order chi connectivity index (χ0) is 9.19. The quantitative estimate of drug-likeness (QED) is 0.624. The minimum Gasteiger partial charge on any atom is -0.303 e. The van der Waals surface area contributed by atoms with Crippen LogP contribution >= 0.6 is 18.5 Å². The Morgan fingerprint density at radius 1 is 1.25 bits per heavy atom. The van der Waals surface area contributed by atoms with Gasteiger partial charge in [-0.05, 0) is 31.8 Å². The average Bonchev–Trinajstić information content (AvgIpc) is 1.93. The predicted molar refractivity (Wildman–Crippen MR) is 62.7 cm³/mol. The highest BCUT2D eigenvalue weighted by Gasteiger charge is 2.25. The zero-order valence-corrected chi connectivity index (χ0v) is 10.5. The maximum Gasteiger partial charge on any atom is 0.00172 e. The summed E-state index contributed by atoms with van der Waals surface area (Å²) < 4.78 is 0. The van der Waals surface area contributed by atoms with E-state index in [0.29, 0.717) is 4.90 Å². The molecule has 2 unspecified atom stereocenters. The van der Waals surface area contributed by atoms with E-state index in [1.165, 1.54) is 32.5 Å². The van der Waals surface area contributed by atoms with Crippen molar-refractivity contribution < 1.29 is 0 Å². The van der Waals surface area contributed by atoms with Crippen molar-refractivity contribution in [3.05, 3.63) is 0 Å². The SMILES string of the molecule is CC(C)CN1CCC(P)(P)CC1. The standard InChI is InChI=1S/C9H21NP2/c1-8(2)7-10-5-3-9(11,12)4-6-10/h8H,3-7,11-12H2,1-2H3. The molecule has 0 N–H and O–H groups in total. The van der Waals surface area contributed by atoms with Crippen LogP contribution in [0, 0.1) is 5.92 Å². The molecule has 1 fully saturated rings. The van der Waals surface area contributed by atoms with Gasteiger partial charge in [-0.2, -0.15) is 0 Å². The van der Waals surface area contributed by atoms with E-state index in [0.717, 1.165) is 5.92 Å². The highest BCUT2D eigenvalue weighted by atomic mass is 31.1. The Balaban J connectivity index is 2.27. The van der Waals surface area contributed by atoms with E-state index >= 15 is 0 Å². The summed E-state index contributed by atoms with van der Waals surface area (Å²) >= 11 is 0. The van der Waals surface area contributed by atoms with Gasteiger partial charge in [0.2, 0.25) is 0 Å². The van der Waals surface area contributed by atoms with E-state index in [-0.39, 0.29) is 0 Å². The van der Waals surface area contributed by atoms with Crippen molar-refractivity contribution in [2.75, 3.05) is 19.6 Å². The molecule has 1 saturated heterocycles. The Kier molecular flexibility index (Phi) is 3.96. The van der Waals surface area contributed by atoms with Gasteiger partial charge in [-0.3, -0.25) is 0 Å². The number of hydrogen-bond donors (Lipinski definition) is 0. The van der Waals surface area contributed by atoms with E-state index < -0.39 is 0 Å². The van der Waals surface area contributed by atoms with Crippen LogP contribution in [0.2, 0.25) is 0 Å². The molecule has 12 heavy (non-hydrogen) atoms. The predicted octanol–water partition coefficient (Wildman–Crippen LogP) is 2.18. The van der Waals surface area contributed by atoms with E-state index in [1.807, 2.05) is 0 Å². The molecule has 0 aromatic heterocycles. The topological polar surface area (TPSA) is 3.24 Å². The fraction of sp³-hybridized carbons (Fsp3) is 1.00. The summed E-state index contributed by atoms with van der Waals surface area (Å²) in [5.74, 6) is 0.812. The van der Waals surface area contributed by atoms with E-state index in [4.69, 9.17) is 0 Å². The fourth-order valence-electron chi connectivity index (χ4n) is 1.67. The van der Waals surface area contributed by atoms with Gasteiger partial charge < -0.3 is 4.90 Å². The van der Waals surface area contributed by atoms with Crippen molar-refractivity contribution in [1.29, 1.82) is 0 Å². The molecule has 72 valence electrons. The lowest BCUT2D eigenvalue weighted by Crippen LogP contribution is -2.39. The lowest BCUT2D eigenvalue weighted by atomic mass is 10.1. The first-order valence-electron chi connectivity index (χ1n) is 4.80. The van der Waals surface area contributed by atoms with Gasteiger partial charge in [0.25, 0.3) is 0 Å². The Morgan fingerprint density at radius 2 is 1.75 bits per heavy atom. The van der Waals surface area contributed by atoms with Gasteiger partial charge >= 0.3 is 0 Å². The van der Waals surface area contributed by atoms with Crippen LogP contribution in [0.25, 0.3) is 0 Å². The third-order valence-electron chi connectivity index (χ3n) is 2.41. The first-order chi connectivity index (χ1) is 5.49. The third kappa shape index (κ3) is 3.69. The molecule has 3 heteroatoms. The summed E-state index contributed by atoms with van der Waals surface area (Å²) in [5.41, 5.74) is 0. The maximum absolute atomic E-state index is 2.96. The Bertz CT molecular complexity index is 135. The van der Waals surface area contributed by atoms with Crippen LogP contribution in [0.3, 0.4) is 0 Å². The lowest BCUT2D eigenvalue weighted by Gasteiger charge is -2.37. The average molecular weight is 205 g/mol. The highest BCUT2D eigenvalue weighted by Crippen LogP contribution is 2.37. The smallest absolute Gasteiger partial charge is 0.00172 e. The first-order valence-corrected chi connectivity index (χ1v) is 5.95. The number of rotatable bonds is 2. The van der Waals surface area contributed by atoms with Crippen molar-refractivity contribution >= 4 is 18.5 Å². The molecule has 1 nitrogen and oxygen atoms in total. The second-order valence-corrected chi connectivity index (χ2v) is 7.39. The molecule has 0 amide bonds. The minimum atomic E-state index is 0.438. The summed E-state index contributed by atoms with van der Waals surface area (Å²) in [4.78, 5) is 3.02. The van der Waals surface area contributed by atoms with Crippen molar-refractivity contribution in [1.82, 2.24) is 4.90 Å². The van der Waals surface area contributed by atoms with Crippen molar-refractivity contribution in [3.63, 3.8) is 0 Å². The molecule has 1 aliphatic heterocycles. The van der Waals surface area contributed by atoms with Crippen LogP contribution in [0.4, 0.5) is 0 Å². The summed E-state index contributed by atoms with van der Waals surface area (Å²) in [6.07, 6.45) is 2.60. The monoisotopic (exact) mass is 205 g/mol. The number of piperidine rings is 1. The van der Waals surface area contributed by atoms with Crippen LogP contribution in [0.5, 0.6) is 0 Å². The van der Waals surface area contributed by atoms with E-state index in [1.54, 1.807) is 0 Å². The number of likely N-dealkylation sites (tertiary alicyclic amines) is 1. The number of hydrogen-bond acceptors (Lipinski definition) is 1. The van der Waals surface area contributed by atoms with E-state index in [9.17, 15) is 0 Å². The van der Waals surface area contributed by atoms with Crippen LogP contribution in [-0.2, 0) is 0 Å². The molecule has 0 aromatic carbocycles. The highest BCUT2D eigenvalue weighted by molar-refractivity contribution is 7.39. The van der Waals surface area contributed by atoms with Crippen molar-refractivity contribution in [2.45, 2.75) is 31.6 Å². The Labute approximate surface area is 81.1 Å². The van der Waals surface area contributed by atoms with Crippen LogP contribution < -0.4 is 0 Å². The molecular weight excluding hydrogens is 184 g/mol. The van der Waals surface area contributed by atoms with Crippen LogP contribution in [0.1, 0.15) is 26.7 Å². The molecule has 0 bridgehead atoms. The normalized spacial score (nSPS) is 24.8. The third-order valence-corrected chi connectivity index (χ3v) is 3.57. The van der Waals surface area contributed by atoms with Gasteiger partial charge in [0.1, 0.15) is 0 Å². The second-order valence-electron chi connectivity index (χ2n) is 4.43. The maximum atomic E-state index is 2.96. The largest absolute Gasteiger partial charge is 0.303 e. The fourth-order valence-corrected chi connectivity index (χ4v) is 2.18. The van der Waals surface area contributed by atoms with Crippen LogP contribution in [-0.4, -0.2) is 29.4 Å². The van der Waals surface area contributed by atoms with E-state index in [2.05, 4.69) is 37.2 Å². The molecule has 0 aliphatic carbocycles. The molecule has 1 aliphatic rings. The van der Waals surface area contributed by atoms with Crippen LogP contribution in [0.15, 0.2) is 0 Å². The summed E-state index contributed by atoms with van der Waals surface area (Å²) in [7, 11) is 5.92. The molecule has 0 spiro atoms. The minimum absolute atomic E-state index is 0.438. The molecule has 1 heterocycles. The van der Waals surface area contributed by atoms with Gasteiger partial charge in [-0.15, -0.1) is 18.5 Å². The van der Waals surface area contributed by atoms with Gasteiger partial charge in [-0.1, -0.05) is 13.8 Å². The number of nitrogens with zero attached hydrogens (tertiary/aromatic N) is 1. The zero-order valence-electron chi connectivity index (χ0n) is 8.21. The molecule has 0 saturated carbocycles. The summed E-state index contributed by atoms with van der Waals surface area (Å²) in [6.45, 7) is 8.40. The molecule has 2 atom stereocenters. The van der Waals surface area contributed by atoms with Crippen molar-refractivity contribution in [2.24, 2.45) is 5.92 Å². The molecule has 1 rings (SSSR count). The van der Waals surface area contributed by atoms with Gasteiger partial charge in [-0.25, -0.2) is 0 Å². The van der Waals surface area contributed by atoms with Gasteiger partial charge in [0, 0.05) is 11.4 Å². The lowest BCUT2D eigenvalue weighted by molar-refractivity contribution is 0.203. The van der Waals surface area contributed by atoms with Gasteiger partial charge in [0.05, 0.1) is 0 Å². The molecular formula is C9H21NP2. The Hall–Kier alpha value is 0.820. The Morgan fingerprint density at radius 3 is 2.17 bits per heavy atom. The van der Waals surface area contributed by atoms with Gasteiger partial charge in [0.15, 0.2) is 0 Å². The molecule has 0 aromatic rings. The summed E-state index contributed by atoms with van der Waals surface area (Å²) in [5, 5.41) is 0. The first kappa shape index (κ1) is 10.9. The molecule has 0 radical (unpaired) electrons. The second kappa shape index (κ2) is 4.36. The summed E-state index contributed by atoms with van der Waals surface area (Å²) in [6, 6.07) is 0.